The van der Waals surface area contributed by atoms with Gasteiger partial charge in [-0.3, -0.25) is 0 Å². The lowest BCUT2D eigenvalue weighted by atomic mass is 9.88. The molecule has 0 fully saturated rings. The van der Waals surface area contributed by atoms with Gasteiger partial charge in [-0.25, -0.2) is 4.58 Å². The molecular formula is C32H44N3O3+. The Morgan fingerprint density at radius 2 is 1.32 bits per heavy atom. The van der Waals surface area contributed by atoms with Crippen molar-refractivity contribution in [1.82, 2.24) is 0 Å². The Morgan fingerprint density at radius 1 is 0.737 bits per heavy atom. The molecular weight excluding hydrogens is 474 g/mol. The fourth-order valence-electron chi connectivity index (χ4n) is 5.05. The van der Waals surface area contributed by atoms with Gasteiger partial charge in [0, 0.05) is 49.7 Å². The lowest BCUT2D eigenvalue weighted by Gasteiger charge is -2.25. The summed E-state index contributed by atoms with van der Waals surface area (Å²) in [7, 11) is 0. The summed E-state index contributed by atoms with van der Waals surface area (Å²) < 4.78 is 2.17. The van der Waals surface area contributed by atoms with Crippen LogP contribution in [0.15, 0.2) is 72.3 Å². The van der Waals surface area contributed by atoms with Gasteiger partial charge in [-0.05, 0) is 91.9 Å². The fraction of sp³-hybridized carbons (Fsp3) is 0.406. The highest BCUT2D eigenvalue weighted by atomic mass is 16.3. The minimum Gasteiger partial charge on any atom is -0.395 e. The summed E-state index contributed by atoms with van der Waals surface area (Å²) in [6, 6.07) is 15.1. The molecule has 0 amide bonds. The van der Waals surface area contributed by atoms with Crippen LogP contribution in [0.5, 0.6) is 0 Å². The van der Waals surface area contributed by atoms with E-state index in [0.29, 0.717) is 19.6 Å². The van der Waals surface area contributed by atoms with Crippen LogP contribution in [0, 0.1) is 6.92 Å². The highest BCUT2D eigenvalue weighted by Crippen LogP contribution is 2.34. The first-order valence-corrected chi connectivity index (χ1v) is 13.8. The van der Waals surface area contributed by atoms with Gasteiger partial charge in [0.2, 0.25) is 0 Å². The molecule has 0 heterocycles. The Labute approximate surface area is 228 Å². The van der Waals surface area contributed by atoms with Gasteiger partial charge in [0.1, 0.15) is 13.2 Å². The van der Waals surface area contributed by atoms with Crippen molar-refractivity contribution < 1.29 is 19.9 Å². The first-order valence-electron chi connectivity index (χ1n) is 13.8. The van der Waals surface area contributed by atoms with Crippen LogP contribution >= 0.6 is 0 Å². The highest BCUT2D eigenvalue weighted by molar-refractivity contribution is 6.04. The maximum atomic E-state index is 9.48. The van der Waals surface area contributed by atoms with Gasteiger partial charge in [0.15, 0.2) is 12.3 Å². The Kier molecular flexibility index (Phi) is 11.3. The number of likely N-dealkylation sites (N-methyl/N-ethyl adjacent to an activating group) is 3. The topological polar surface area (TPSA) is 70.2 Å². The Balaban J connectivity index is 2.12. The molecule has 2 aromatic rings. The highest BCUT2D eigenvalue weighted by Gasteiger charge is 2.17. The summed E-state index contributed by atoms with van der Waals surface area (Å²) in [5.74, 6) is 0. The van der Waals surface area contributed by atoms with Crippen molar-refractivity contribution in [1.29, 1.82) is 0 Å². The van der Waals surface area contributed by atoms with Gasteiger partial charge < -0.3 is 25.1 Å². The minimum absolute atomic E-state index is 0.126. The molecule has 1 aliphatic carbocycles. The van der Waals surface area contributed by atoms with Gasteiger partial charge in [0.05, 0.1) is 13.2 Å². The molecule has 0 unspecified atom stereocenters. The lowest BCUT2D eigenvalue weighted by Crippen LogP contribution is -2.26. The smallest absolute Gasteiger partial charge is 0.199 e. The molecule has 0 aromatic heterocycles. The lowest BCUT2D eigenvalue weighted by molar-refractivity contribution is -0.525. The number of nitrogens with zero attached hydrogens (tertiary/aromatic N) is 3. The second-order valence-electron chi connectivity index (χ2n) is 9.38. The monoisotopic (exact) mass is 518 g/mol. The third kappa shape index (κ3) is 7.01. The summed E-state index contributed by atoms with van der Waals surface area (Å²) in [5, 5.41) is 28.4. The van der Waals surface area contributed by atoms with Crippen molar-refractivity contribution >= 4 is 22.7 Å². The third-order valence-corrected chi connectivity index (χ3v) is 7.14. The Bertz CT molecular complexity index is 1160. The fourth-order valence-corrected chi connectivity index (χ4v) is 5.05. The minimum atomic E-state index is 0.126. The number of allylic oxidation sites excluding steroid dienone is 5. The van der Waals surface area contributed by atoms with Gasteiger partial charge in [-0.1, -0.05) is 18.2 Å². The van der Waals surface area contributed by atoms with E-state index < -0.39 is 0 Å². The molecule has 3 N–H and O–H groups in total. The maximum Gasteiger partial charge on any atom is 0.199 e. The van der Waals surface area contributed by atoms with Gasteiger partial charge in [0.25, 0.3) is 0 Å². The maximum absolute atomic E-state index is 9.48. The van der Waals surface area contributed by atoms with E-state index in [1.165, 1.54) is 11.1 Å². The molecule has 0 bridgehead atoms. The van der Waals surface area contributed by atoms with Crippen molar-refractivity contribution in [2.24, 2.45) is 0 Å². The largest absolute Gasteiger partial charge is 0.395 e. The van der Waals surface area contributed by atoms with E-state index >= 15 is 0 Å². The molecule has 3 rings (SSSR count). The zero-order valence-corrected chi connectivity index (χ0v) is 23.4. The summed E-state index contributed by atoms with van der Waals surface area (Å²) >= 11 is 0. The SMILES string of the molecule is CCN(CCO)c1ccc(C(=C2C=CC(=[N+](CC)CCO)C=C2)c2ccc(N(CC)CCO)cc2C)cc1. The van der Waals surface area contributed by atoms with Crippen LogP contribution in [0.4, 0.5) is 11.4 Å². The molecule has 0 saturated heterocycles. The third-order valence-electron chi connectivity index (χ3n) is 7.14. The van der Waals surface area contributed by atoms with Crippen molar-refractivity contribution in [2.75, 3.05) is 68.9 Å². The van der Waals surface area contributed by atoms with Crippen LogP contribution in [0.2, 0.25) is 0 Å². The zero-order chi connectivity index (χ0) is 27.5. The van der Waals surface area contributed by atoms with E-state index in [0.717, 1.165) is 53.4 Å². The molecule has 6 nitrogen and oxygen atoms in total. The number of benzene rings is 2. The van der Waals surface area contributed by atoms with Gasteiger partial charge in [-0.15, -0.1) is 0 Å². The first-order chi connectivity index (χ1) is 18.5. The van der Waals surface area contributed by atoms with Crippen molar-refractivity contribution in [3.8, 4) is 0 Å². The van der Waals surface area contributed by atoms with Crippen molar-refractivity contribution in [3.63, 3.8) is 0 Å². The second kappa shape index (κ2) is 14.7. The molecule has 2 aromatic carbocycles. The molecule has 204 valence electrons. The average molecular weight is 519 g/mol. The summed E-state index contributed by atoms with van der Waals surface area (Å²) in [6.45, 7) is 13.2. The quantitative estimate of drug-likeness (QED) is 0.350. The van der Waals surface area contributed by atoms with Gasteiger partial charge >= 0.3 is 0 Å². The molecule has 1 aliphatic rings. The number of hydrogen-bond donors (Lipinski definition) is 3. The van der Waals surface area contributed by atoms with E-state index in [1.54, 1.807) is 0 Å². The van der Waals surface area contributed by atoms with Crippen molar-refractivity contribution in [3.05, 3.63) is 89.0 Å². The first kappa shape index (κ1) is 29.4. The van der Waals surface area contributed by atoms with E-state index in [9.17, 15) is 15.3 Å². The number of aliphatic hydroxyl groups excluding tert-OH is 3. The normalized spacial score (nSPS) is 12.7. The molecule has 0 radical (unpaired) electrons. The van der Waals surface area contributed by atoms with Crippen LogP contribution in [-0.4, -0.2) is 84.7 Å². The number of anilines is 2. The molecule has 38 heavy (non-hydrogen) atoms. The van der Waals surface area contributed by atoms with Crippen LogP contribution in [0.1, 0.15) is 37.5 Å². The van der Waals surface area contributed by atoms with E-state index in [-0.39, 0.29) is 19.8 Å². The molecule has 0 atom stereocenters. The Morgan fingerprint density at radius 3 is 1.82 bits per heavy atom. The molecule has 0 spiro atoms. The number of hydrogen-bond acceptors (Lipinski definition) is 5. The Hall–Kier alpha value is -3.19. The standard InChI is InChI=1S/C32H44N3O3/c1-5-33(18-21-36)28-12-8-26(9-13-28)32(27-10-14-29(15-11-27)34(6-2)19-22-37)31-17-16-30(24-25(31)4)35(7-3)20-23-38/h8-17,24,36-38H,5-7,18-23H2,1-4H3/q+1. The zero-order valence-electron chi connectivity index (χ0n) is 23.4. The summed E-state index contributed by atoms with van der Waals surface area (Å²) in [6.07, 6.45) is 8.60. The van der Waals surface area contributed by atoms with E-state index in [4.69, 9.17) is 0 Å². The summed E-state index contributed by atoms with van der Waals surface area (Å²) in [5.41, 5.74) is 9.05. The van der Waals surface area contributed by atoms with Crippen molar-refractivity contribution in [2.45, 2.75) is 27.7 Å². The van der Waals surface area contributed by atoms with E-state index in [2.05, 4.69) is 109 Å². The van der Waals surface area contributed by atoms with E-state index in [1.807, 2.05) is 0 Å². The van der Waals surface area contributed by atoms with Crippen LogP contribution in [0.3, 0.4) is 0 Å². The summed E-state index contributed by atoms with van der Waals surface area (Å²) in [4.78, 5) is 4.35. The molecule has 6 heteroatoms. The molecule has 0 aliphatic heterocycles. The van der Waals surface area contributed by atoms with Gasteiger partial charge in [-0.2, -0.15) is 0 Å². The molecule has 0 saturated carbocycles. The number of rotatable bonds is 13. The predicted octanol–water partition coefficient (Wildman–Crippen LogP) is 4.03. The number of aryl methyl sites for hydroxylation is 1. The van der Waals surface area contributed by atoms with Crippen LogP contribution in [-0.2, 0) is 0 Å². The number of aliphatic hydroxyl groups is 3. The van der Waals surface area contributed by atoms with Crippen LogP contribution < -0.4 is 9.80 Å². The predicted molar refractivity (Wildman–Crippen MR) is 160 cm³/mol. The average Bonchev–Trinajstić information content (AvgIpc) is 2.95. The van der Waals surface area contributed by atoms with Crippen LogP contribution in [0.25, 0.3) is 5.57 Å². The second-order valence-corrected chi connectivity index (χ2v) is 9.38.